The van der Waals surface area contributed by atoms with Crippen LogP contribution in [-0.2, 0) is 20.2 Å². The smallest absolute Gasteiger partial charge is 0.297 e. The van der Waals surface area contributed by atoms with Crippen LogP contribution in [0.5, 0.6) is 11.5 Å². The molecule has 254 valence electrons. The van der Waals surface area contributed by atoms with Gasteiger partial charge in [0.2, 0.25) is 0 Å². The van der Waals surface area contributed by atoms with Gasteiger partial charge in [-0.25, -0.2) is 11.1 Å². The average molecular weight is 713 g/mol. The van der Waals surface area contributed by atoms with Crippen molar-refractivity contribution in [1.29, 1.82) is 11.1 Å². The number of hydrogen-bond acceptors (Lipinski definition) is 12. The third kappa shape index (κ3) is 5.45. The van der Waals surface area contributed by atoms with E-state index in [0.29, 0.717) is 33.4 Å². The van der Waals surface area contributed by atoms with Crippen LogP contribution in [0, 0.1) is 24.9 Å². The molecule has 0 aliphatic heterocycles. The molecule has 0 radical (unpaired) electrons. The molecule has 0 saturated heterocycles. The van der Waals surface area contributed by atoms with Gasteiger partial charge in [0.25, 0.3) is 20.2 Å². The Morgan fingerprint density at radius 1 is 0.560 bits per heavy atom. The summed E-state index contributed by atoms with van der Waals surface area (Å²) in [5.74, 6) is -1.22. The molecule has 0 amide bonds. The van der Waals surface area contributed by atoms with Crippen LogP contribution >= 0.6 is 0 Å². The molecule has 0 heterocycles. The lowest BCUT2D eigenvalue weighted by Crippen LogP contribution is -2.04. The number of fused-ring (bicyclic) bond motifs is 2. The summed E-state index contributed by atoms with van der Waals surface area (Å²) >= 11 is 0. The molecule has 0 aliphatic carbocycles. The van der Waals surface area contributed by atoms with E-state index in [9.17, 15) is 36.2 Å². The number of nitrogens with two attached hydrogens (primary N) is 2. The summed E-state index contributed by atoms with van der Waals surface area (Å²) in [6.07, 6.45) is 0. The standard InChI is InChI=1S/C34H28N6O8S2/c1-15-11-17(27-25-13-19(35)5-9-23(25)31(41)29(39-37)33(27)49(43,44)45)3-7-21(15)22-8-4-18(12-16(22)2)28-26-14-20(36)6-10-24(26)32(42)30(40-38)34(28)50(46,47)48/h3-14,37-38,41-42H,35-36H2,1-2H3,(H,43,44,45)(H,46,47,48). The van der Waals surface area contributed by atoms with Gasteiger partial charge in [-0.2, -0.15) is 27.1 Å². The Morgan fingerprint density at radius 3 is 1.22 bits per heavy atom. The number of hydrogen-bond donors (Lipinski definition) is 8. The normalized spacial score (nSPS) is 12.0. The molecule has 50 heavy (non-hydrogen) atoms. The van der Waals surface area contributed by atoms with Gasteiger partial charge >= 0.3 is 0 Å². The summed E-state index contributed by atoms with van der Waals surface area (Å²) in [5.41, 5.74) is 29.7. The van der Waals surface area contributed by atoms with E-state index in [1.54, 1.807) is 50.2 Å². The number of rotatable bonds is 7. The van der Waals surface area contributed by atoms with Crippen molar-refractivity contribution in [2.45, 2.75) is 23.6 Å². The van der Waals surface area contributed by atoms with Crippen molar-refractivity contribution < 1.29 is 36.2 Å². The quantitative estimate of drug-likeness (QED) is 0.0448. The predicted octanol–water partition coefficient (Wildman–Crippen LogP) is 8.00. The zero-order valence-corrected chi connectivity index (χ0v) is 27.8. The number of nitrogens with zero attached hydrogens (tertiary/aromatic N) is 2. The molecule has 6 aromatic carbocycles. The summed E-state index contributed by atoms with van der Waals surface area (Å²) in [5, 5.41) is 28.8. The first kappa shape index (κ1) is 33.9. The fourth-order valence-electron chi connectivity index (χ4n) is 6.43. The molecule has 0 saturated carbocycles. The molecule has 6 aromatic rings. The van der Waals surface area contributed by atoms with Gasteiger partial charge in [0.05, 0.1) is 0 Å². The fraction of sp³-hybridized carbons (Fsp3) is 0.0588. The van der Waals surface area contributed by atoms with Crippen LogP contribution < -0.4 is 11.5 Å². The molecule has 16 heteroatoms. The van der Waals surface area contributed by atoms with Crippen LogP contribution in [0.25, 0.3) is 54.9 Å². The number of phenols is 2. The highest BCUT2D eigenvalue weighted by Crippen LogP contribution is 2.50. The van der Waals surface area contributed by atoms with E-state index in [0.717, 1.165) is 0 Å². The predicted molar refractivity (Wildman–Crippen MR) is 189 cm³/mol. The lowest BCUT2D eigenvalue weighted by Gasteiger charge is -2.19. The van der Waals surface area contributed by atoms with E-state index >= 15 is 0 Å². The molecular weight excluding hydrogens is 685 g/mol. The monoisotopic (exact) mass is 712 g/mol. The molecule has 6 rings (SSSR count). The van der Waals surface area contributed by atoms with Crippen LogP contribution in [-0.4, -0.2) is 36.2 Å². The minimum atomic E-state index is -5.02. The molecule has 0 aliphatic rings. The van der Waals surface area contributed by atoms with Crippen molar-refractivity contribution in [2.24, 2.45) is 10.2 Å². The van der Waals surface area contributed by atoms with E-state index in [1.807, 2.05) is 0 Å². The van der Waals surface area contributed by atoms with E-state index in [4.69, 9.17) is 22.5 Å². The molecule has 14 nitrogen and oxygen atoms in total. The Bertz CT molecular complexity index is 2530. The Morgan fingerprint density at radius 2 is 0.920 bits per heavy atom. The Hall–Kier alpha value is -5.94. The van der Waals surface area contributed by atoms with E-state index in [-0.39, 0.29) is 44.0 Å². The van der Waals surface area contributed by atoms with Gasteiger partial charge in [0, 0.05) is 33.3 Å². The van der Waals surface area contributed by atoms with Crippen LogP contribution in [0.2, 0.25) is 0 Å². The molecule has 0 bridgehead atoms. The maximum Gasteiger partial charge on any atom is 0.297 e. The SMILES string of the molecule is Cc1cc(-c2c(S(=O)(=O)O)c(N=N)c(O)c3ccc(N)cc23)ccc1-c1ccc(-c2c(S(=O)(=O)O)c(N=N)c(O)c3ccc(N)cc23)cc1C. The van der Waals surface area contributed by atoms with Gasteiger partial charge in [0.1, 0.15) is 21.2 Å². The highest BCUT2D eigenvalue weighted by atomic mass is 32.2. The zero-order chi connectivity index (χ0) is 36.4. The maximum absolute atomic E-state index is 12.7. The van der Waals surface area contributed by atoms with E-state index in [2.05, 4.69) is 10.2 Å². The molecule has 0 spiro atoms. The minimum absolute atomic E-state index is 0.0212. The number of nitrogen functional groups attached to an aromatic ring is 2. The first-order valence-corrected chi connectivity index (χ1v) is 17.4. The molecule has 0 atom stereocenters. The first-order chi connectivity index (χ1) is 23.5. The Kier molecular flexibility index (Phi) is 8.07. The number of benzene rings is 6. The number of phenolic OH excluding ortho intramolecular Hbond substituents is 2. The van der Waals surface area contributed by atoms with Gasteiger partial charge < -0.3 is 21.7 Å². The van der Waals surface area contributed by atoms with Crippen molar-refractivity contribution in [3.8, 4) is 44.9 Å². The lowest BCUT2D eigenvalue weighted by atomic mass is 9.89. The van der Waals surface area contributed by atoms with Crippen molar-refractivity contribution in [2.75, 3.05) is 11.5 Å². The fourth-order valence-corrected chi connectivity index (χ4v) is 8.17. The second kappa shape index (κ2) is 11.9. The largest absolute Gasteiger partial charge is 0.505 e. The maximum atomic E-state index is 12.7. The van der Waals surface area contributed by atoms with Crippen molar-refractivity contribution in [3.05, 3.63) is 83.9 Å². The van der Waals surface area contributed by atoms with Crippen LogP contribution in [0.3, 0.4) is 0 Å². The number of nitrogens with one attached hydrogen (secondary N) is 2. The minimum Gasteiger partial charge on any atom is -0.505 e. The number of anilines is 2. The first-order valence-electron chi connectivity index (χ1n) is 14.6. The molecule has 0 fully saturated rings. The molecule has 0 aromatic heterocycles. The number of aryl methyl sites for hydroxylation is 2. The van der Waals surface area contributed by atoms with E-state index in [1.165, 1.54) is 36.4 Å². The second-order valence-corrected chi connectivity index (χ2v) is 14.4. The lowest BCUT2D eigenvalue weighted by molar-refractivity contribution is 0.472. The Labute approximate surface area is 285 Å². The van der Waals surface area contributed by atoms with Gasteiger partial charge in [-0.3, -0.25) is 9.11 Å². The third-order valence-electron chi connectivity index (χ3n) is 8.53. The van der Waals surface area contributed by atoms with Gasteiger partial charge in [-0.05, 0) is 94.4 Å². The third-order valence-corrected chi connectivity index (χ3v) is 10.4. The second-order valence-electron chi connectivity index (χ2n) is 11.6. The highest BCUT2D eigenvalue weighted by molar-refractivity contribution is 7.86. The summed E-state index contributed by atoms with van der Waals surface area (Å²) in [4.78, 5) is -1.52. The Balaban J connectivity index is 1.58. The van der Waals surface area contributed by atoms with Gasteiger partial charge in [-0.15, -0.1) is 0 Å². The van der Waals surface area contributed by atoms with Crippen LogP contribution in [0.1, 0.15) is 11.1 Å². The molecular formula is C34H28N6O8S2. The van der Waals surface area contributed by atoms with Crippen molar-refractivity contribution in [3.63, 3.8) is 0 Å². The highest BCUT2D eigenvalue weighted by Gasteiger charge is 2.30. The van der Waals surface area contributed by atoms with Crippen molar-refractivity contribution in [1.82, 2.24) is 0 Å². The molecule has 10 N–H and O–H groups in total. The van der Waals surface area contributed by atoms with Gasteiger partial charge in [0.15, 0.2) is 11.5 Å². The summed E-state index contributed by atoms with van der Waals surface area (Å²) in [6.45, 7) is 3.53. The van der Waals surface area contributed by atoms with Gasteiger partial charge in [-0.1, -0.05) is 36.4 Å². The summed E-state index contributed by atoms with van der Waals surface area (Å²) in [7, 11) is -10.0. The average Bonchev–Trinajstić information content (AvgIpc) is 3.03. The van der Waals surface area contributed by atoms with Crippen LogP contribution in [0.4, 0.5) is 22.7 Å². The zero-order valence-electron chi connectivity index (χ0n) is 26.2. The topological polar surface area (TPSA) is 274 Å². The molecule has 0 unspecified atom stereocenters. The van der Waals surface area contributed by atoms with Crippen LogP contribution in [0.15, 0.2) is 92.8 Å². The summed E-state index contributed by atoms with van der Waals surface area (Å²) in [6, 6.07) is 18.7. The summed E-state index contributed by atoms with van der Waals surface area (Å²) < 4.78 is 71.2. The van der Waals surface area contributed by atoms with E-state index < -0.39 is 52.9 Å². The van der Waals surface area contributed by atoms with Crippen molar-refractivity contribution >= 4 is 64.5 Å². The number of aromatic hydroxyl groups is 2.